The normalized spacial score (nSPS) is 11.9. The predicted octanol–water partition coefficient (Wildman–Crippen LogP) is 6.14. The van der Waals surface area contributed by atoms with E-state index in [-0.39, 0.29) is 11.8 Å². The van der Waals surface area contributed by atoms with Crippen LogP contribution in [0.1, 0.15) is 28.3 Å². The number of amides is 1. The van der Waals surface area contributed by atoms with Crippen LogP contribution in [0.3, 0.4) is 0 Å². The van der Waals surface area contributed by atoms with Crippen molar-refractivity contribution in [3.63, 3.8) is 0 Å². The van der Waals surface area contributed by atoms with E-state index in [1.807, 2.05) is 103 Å². The Kier molecular flexibility index (Phi) is 7.43. The SMILES string of the molecule is Cc1c(-c2ccc(NC(=O)C(N)C(c3ccccc3)c3ccccc3)cc2F)cnn1Cc1ccccc1. The lowest BCUT2D eigenvalue weighted by atomic mass is 9.85. The van der Waals surface area contributed by atoms with Crippen LogP contribution in [-0.4, -0.2) is 21.7 Å². The second-order valence-corrected chi connectivity index (χ2v) is 9.30. The van der Waals surface area contributed by atoms with Gasteiger partial charge in [-0.3, -0.25) is 9.48 Å². The number of aromatic nitrogens is 2. The number of benzene rings is 4. The van der Waals surface area contributed by atoms with Crippen molar-refractivity contribution in [1.82, 2.24) is 9.78 Å². The highest BCUT2D eigenvalue weighted by atomic mass is 19.1. The zero-order valence-corrected chi connectivity index (χ0v) is 21.1. The van der Waals surface area contributed by atoms with Crippen LogP contribution in [0, 0.1) is 12.7 Å². The van der Waals surface area contributed by atoms with Crippen LogP contribution in [0.5, 0.6) is 0 Å². The number of hydrogen-bond acceptors (Lipinski definition) is 3. The van der Waals surface area contributed by atoms with E-state index in [0.717, 1.165) is 22.4 Å². The summed E-state index contributed by atoms with van der Waals surface area (Å²) in [5.74, 6) is -1.18. The molecule has 0 spiro atoms. The standard InChI is InChI=1S/C32H29FN4O/c1-22-28(20-35-37(22)21-23-11-5-2-6-12-23)27-18-17-26(19-29(27)33)36-32(38)31(34)30(24-13-7-3-8-14-24)25-15-9-4-10-16-25/h2-20,30-31H,21,34H2,1H3,(H,36,38). The molecule has 4 aromatic carbocycles. The zero-order chi connectivity index (χ0) is 26.5. The largest absolute Gasteiger partial charge is 0.325 e. The summed E-state index contributed by atoms with van der Waals surface area (Å²) in [5, 5.41) is 7.27. The second kappa shape index (κ2) is 11.2. The summed E-state index contributed by atoms with van der Waals surface area (Å²) in [6.07, 6.45) is 1.68. The fraction of sp³-hybridized carbons (Fsp3) is 0.125. The van der Waals surface area contributed by atoms with Crippen molar-refractivity contribution in [1.29, 1.82) is 0 Å². The molecule has 6 heteroatoms. The Morgan fingerprint density at radius 2 is 1.45 bits per heavy atom. The smallest absolute Gasteiger partial charge is 0.242 e. The van der Waals surface area contributed by atoms with Crippen LogP contribution in [0.4, 0.5) is 10.1 Å². The number of nitrogens with two attached hydrogens (primary N) is 1. The molecule has 0 aliphatic rings. The highest BCUT2D eigenvalue weighted by molar-refractivity contribution is 5.96. The van der Waals surface area contributed by atoms with Gasteiger partial charge in [0.2, 0.25) is 5.91 Å². The monoisotopic (exact) mass is 504 g/mol. The Morgan fingerprint density at radius 1 is 0.868 bits per heavy atom. The molecule has 0 fully saturated rings. The number of anilines is 1. The van der Waals surface area contributed by atoms with Crippen molar-refractivity contribution in [3.05, 3.63) is 144 Å². The molecule has 190 valence electrons. The van der Waals surface area contributed by atoms with Gasteiger partial charge in [0.15, 0.2) is 0 Å². The molecule has 5 nitrogen and oxygen atoms in total. The average molecular weight is 505 g/mol. The van der Waals surface area contributed by atoms with Gasteiger partial charge in [0, 0.05) is 28.4 Å². The fourth-order valence-corrected chi connectivity index (χ4v) is 4.74. The topological polar surface area (TPSA) is 72.9 Å². The minimum atomic E-state index is -0.874. The third-order valence-corrected chi connectivity index (χ3v) is 6.78. The summed E-state index contributed by atoms with van der Waals surface area (Å²) in [6, 6.07) is 33.2. The highest BCUT2D eigenvalue weighted by Crippen LogP contribution is 2.30. The van der Waals surface area contributed by atoms with Crippen LogP contribution < -0.4 is 11.1 Å². The molecule has 3 N–H and O–H groups in total. The van der Waals surface area contributed by atoms with E-state index in [9.17, 15) is 4.79 Å². The van der Waals surface area contributed by atoms with Crippen molar-refractivity contribution in [2.45, 2.75) is 25.4 Å². The van der Waals surface area contributed by atoms with Crippen molar-refractivity contribution in [2.24, 2.45) is 5.73 Å². The number of rotatable bonds is 8. The molecular weight excluding hydrogens is 475 g/mol. The summed E-state index contributed by atoms with van der Waals surface area (Å²) >= 11 is 0. The van der Waals surface area contributed by atoms with Crippen molar-refractivity contribution < 1.29 is 9.18 Å². The first-order valence-electron chi connectivity index (χ1n) is 12.5. The lowest BCUT2D eigenvalue weighted by Gasteiger charge is -2.24. The molecule has 1 atom stereocenters. The van der Waals surface area contributed by atoms with Gasteiger partial charge in [0.1, 0.15) is 5.82 Å². The Labute approximate surface area is 221 Å². The third kappa shape index (κ3) is 5.41. The van der Waals surface area contributed by atoms with Crippen LogP contribution in [0.25, 0.3) is 11.1 Å². The fourth-order valence-electron chi connectivity index (χ4n) is 4.74. The predicted molar refractivity (Wildman–Crippen MR) is 149 cm³/mol. The van der Waals surface area contributed by atoms with Gasteiger partial charge in [0.25, 0.3) is 0 Å². The molecule has 1 amide bonds. The summed E-state index contributed by atoms with van der Waals surface area (Å²) in [4.78, 5) is 13.2. The highest BCUT2D eigenvalue weighted by Gasteiger charge is 2.28. The van der Waals surface area contributed by atoms with Gasteiger partial charge < -0.3 is 11.1 Å². The molecule has 0 saturated heterocycles. The minimum absolute atomic E-state index is 0.348. The second-order valence-electron chi connectivity index (χ2n) is 9.30. The molecule has 38 heavy (non-hydrogen) atoms. The minimum Gasteiger partial charge on any atom is -0.325 e. The van der Waals surface area contributed by atoms with Crippen molar-refractivity contribution in [2.75, 3.05) is 5.32 Å². The third-order valence-electron chi connectivity index (χ3n) is 6.78. The van der Waals surface area contributed by atoms with Crippen molar-refractivity contribution in [3.8, 4) is 11.1 Å². The van der Waals surface area contributed by atoms with Gasteiger partial charge in [-0.25, -0.2) is 4.39 Å². The Hall–Kier alpha value is -4.55. The van der Waals surface area contributed by atoms with E-state index in [1.54, 1.807) is 18.3 Å². The molecule has 5 rings (SSSR count). The first-order chi connectivity index (χ1) is 18.5. The molecule has 0 aliphatic carbocycles. The number of carbonyl (C=O) groups excluding carboxylic acids is 1. The Morgan fingerprint density at radius 3 is 2.03 bits per heavy atom. The zero-order valence-electron chi connectivity index (χ0n) is 21.1. The van der Waals surface area contributed by atoms with Crippen LogP contribution in [-0.2, 0) is 11.3 Å². The van der Waals surface area contributed by atoms with Gasteiger partial charge in [-0.2, -0.15) is 5.10 Å². The maximum absolute atomic E-state index is 15.3. The van der Waals surface area contributed by atoms with Gasteiger partial charge in [-0.05, 0) is 41.8 Å². The summed E-state index contributed by atoms with van der Waals surface area (Å²) in [5.41, 5.74) is 11.8. The van der Waals surface area contributed by atoms with Gasteiger partial charge in [-0.15, -0.1) is 0 Å². The Balaban J connectivity index is 1.35. The first-order valence-corrected chi connectivity index (χ1v) is 12.5. The molecular formula is C32H29FN4O. The summed E-state index contributed by atoms with van der Waals surface area (Å²) in [7, 11) is 0. The van der Waals surface area contributed by atoms with Crippen molar-refractivity contribution >= 4 is 11.6 Å². The van der Waals surface area contributed by atoms with Crippen LogP contribution in [0.15, 0.2) is 115 Å². The van der Waals surface area contributed by atoms with E-state index in [1.165, 1.54) is 6.07 Å². The number of hydrogen-bond donors (Lipinski definition) is 2. The number of nitrogens with zero attached hydrogens (tertiary/aromatic N) is 2. The quantitative estimate of drug-likeness (QED) is 0.266. The van der Waals surface area contributed by atoms with Gasteiger partial charge in [0.05, 0.1) is 18.8 Å². The summed E-state index contributed by atoms with van der Waals surface area (Å²) in [6.45, 7) is 2.52. The van der Waals surface area contributed by atoms with Crippen LogP contribution >= 0.6 is 0 Å². The average Bonchev–Trinajstić information content (AvgIpc) is 3.30. The molecule has 5 aromatic rings. The van der Waals surface area contributed by atoms with E-state index >= 15 is 4.39 Å². The van der Waals surface area contributed by atoms with Crippen LogP contribution in [0.2, 0.25) is 0 Å². The molecule has 0 saturated carbocycles. The van der Waals surface area contributed by atoms with Gasteiger partial charge in [-0.1, -0.05) is 91.0 Å². The first kappa shape index (κ1) is 25.1. The molecule has 1 aromatic heterocycles. The van der Waals surface area contributed by atoms with E-state index in [2.05, 4.69) is 10.4 Å². The maximum atomic E-state index is 15.3. The number of carbonyl (C=O) groups is 1. The Bertz CT molecular complexity index is 1480. The molecule has 1 unspecified atom stereocenters. The van der Waals surface area contributed by atoms with E-state index in [0.29, 0.717) is 23.4 Å². The molecule has 1 heterocycles. The lowest BCUT2D eigenvalue weighted by molar-refractivity contribution is -0.117. The number of nitrogens with one attached hydrogen (secondary N) is 1. The molecule has 0 aliphatic heterocycles. The summed E-state index contributed by atoms with van der Waals surface area (Å²) < 4.78 is 17.1. The molecule has 0 bridgehead atoms. The van der Waals surface area contributed by atoms with Gasteiger partial charge >= 0.3 is 0 Å². The number of halogens is 1. The molecule has 0 radical (unpaired) electrons. The lowest BCUT2D eigenvalue weighted by Crippen LogP contribution is -2.41. The van der Waals surface area contributed by atoms with E-state index in [4.69, 9.17) is 5.73 Å². The van der Waals surface area contributed by atoms with E-state index < -0.39 is 11.9 Å². The maximum Gasteiger partial charge on any atom is 0.242 e.